The molecule has 6 nitrogen and oxygen atoms in total. The summed E-state index contributed by atoms with van der Waals surface area (Å²) >= 11 is 0. The zero-order valence-corrected chi connectivity index (χ0v) is 20.5. The van der Waals surface area contributed by atoms with Crippen LogP contribution in [0.5, 0.6) is 0 Å². The molecule has 2 fully saturated rings. The van der Waals surface area contributed by atoms with E-state index in [1.807, 2.05) is 17.0 Å². The van der Waals surface area contributed by atoms with Gasteiger partial charge < -0.3 is 20.0 Å². The second-order valence-electron chi connectivity index (χ2n) is 7.73. The van der Waals surface area contributed by atoms with Gasteiger partial charge in [0.2, 0.25) is 5.91 Å². The average molecular weight is 531 g/mol. The van der Waals surface area contributed by atoms with Crippen molar-refractivity contribution in [1.29, 1.82) is 0 Å². The second kappa shape index (κ2) is 12.3. The van der Waals surface area contributed by atoms with Gasteiger partial charge in [0.15, 0.2) is 5.96 Å². The normalized spacial score (nSPS) is 18.4. The maximum atomic E-state index is 13.2. The van der Waals surface area contributed by atoms with Gasteiger partial charge in [-0.05, 0) is 50.5 Å². The third-order valence-electron chi connectivity index (χ3n) is 5.85. The number of hydrogen-bond acceptors (Lipinski definition) is 3. The van der Waals surface area contributed by atoms with E-state index in [2.05, 4.69) is 29.0 Å². The molecule has 1 amide bonds. The molecule has 168 valence electrons. The monoisotopic (exact) mass is 531 g/mol. The van der Waals surface area contributed by atoms with Crippen LogP contribution in [0.3, 0.4) is 0 Å². The molecule has 2 heterocycles. The van der Waals surface area contributed by atoms with Crippen LogP contribution in [0.4, 0.5) is 10.1 Å². The Labute approximate surface area is 196 Å². The molecule has 0 aromatic heterocycles. The molecule has 0 bridgehead atoms. The van der Waals surface area contributed by atoms with Crippen molar-refractivity contribution in [2.45, 2.75) is 45.6 Å². The van der Waals surface area contributed by atoms with Crippen LogP contribution in [-0.2, 0) is 4.79 Å². The molecular weight excluding hydrogens is 496 g/mol. The molecule has 1 atom stereocenters. The standard InChI is InChI=1S/C22H34FN5O.HI/c1-3-19(28-13-5-6-21(28)29)11-12-25-22(24-4-2)27-16-14-26(15-17-27)20-9-7-18(23)8-10-20;/h7-10,19H,3-6,11-17H2,1-2H3,(H,24,25);1H. The van der Waals surface area contributed by atoms with Gasteiger partial charge in [-0.25, -0.2) is 4.39 Å². The molecule has 1 N–H and O–H groups in total. The second-order valence-corrected chi connectivity index (χ2v) is 7.73. The number of nitrogens with zero attached hydrogens (tertiary/aromatic N) is 4. The molecule has 0 spiro atoms. The van der Waals surface area contributed by atoms with Crippen LogP contribution >= 0.6 is 24.0 Å². The molecule has 30 heavy (non-hydrogen) atoms. The molecule has 2 aliphatic rings. The molecule has 0 aliphatic carbocycles. The molecule has 1 aromatic rings. The predicted octanol–water partition coefficient (Wildman–Crippen LogP) is 3.32. The summed E-state index contributed by atoms with van der Waals surface area (Å²) in [5, 5.41) is 3.41. The summed E-state index contributed by atoms with van der Waals surface area (Å²) in [6.45, 7) is 10.2. The fourth-order valence-corrected chi connectivity index (χ4v) is 4.21. The Morgan fingerprint density at radius 2 is 1.83 bits per heavy atom. The molecule has 3 rings (SSSR count). The lowest BCUT2D eigenvalue weighted by atomic mass is 10.1. The van der Waals surface area contributed by atoms with Crippen LogP contribution in [0.15, 0.2) is 29.3 Å². The fourth-order valence-electron chi connectivity index (χ4n) is 4.21. The average Bonchev–Trinajstić information content (AvgIpc) is 3.17. The Bertz CT molecular complexity index is 691. The number of guanidine groups is 1. The number of piperazine rings is 1. The van der Waals surface area contributed by atoms with Gasteiger partial charge in [0.05, 0.1) is 0 Å². The Balaban J connectivity index is 0.00000320. The number of carbonyl (C=O) groups is 1. The molecule has 0 saturated carbocycles. The van der Waals surface area contributed by atoms with Gasteiger partial charge >= 0.3 is 0 Å². The van der Waals surface area contributed by atoms with Crippen molar-refractivity contribution in [3.63, 3.8) is 0 Å². The zero-order chi connectivity index (χ0) is 20.6. The lowest BCUT2D eigenvalue weighted by Gasteiger charge is -2.37. The molecule has 1 aromatic carbocycles. The summed E-state index contributed by atoms with van der Waals surface area (Å²) in [6, 6.07) is 7.02. The van der Waals surface area contributed by atoms with Crippen LogP contribution in [-0.4, -0.2) is 73.5 Å². The minimum absolute atomic E-state index is 0. The SMILES string of the molecule is CCNC(=NCCC(CC)N1CCCC1=O)N1CCN(c2ccc(F)cc2)CC1.I. The zero-order valence-electron chi connectivity index (χ0n) is 18.1. The quantitative estimate of drug-likeness (QED) is 0.333. The summed E-state index contributed by atoms with van der Waals surface area (Å²) in [6.07, 6.45) is 3.57. The number of amides is 1. The largest absolute Gasteiger partial charge is 0.368 e. The number of aliphatic imine (C=N–C) groups is 1. The number of hydrogen-bond donors (Lipinski definition) is 1. The number of likely N-dealkylation sites (tertiary alicyclic amines) is 1. The van der Waals surface area contributed by atoms with Crippen molar-refractivity contribution in [2.24, 2.45) is 4.99 Å². The van der Waals surface area contributed by atoms with Crippen molar-refractivity contribution in [2.75, 3.05) is 50.7 Å². The molecule has 1 unspecified atom stereocenters. The van der Waals surface area contributed by atoms with Gasteiger partial charge in [0, 0.05) is 64.0 Å². The molecule has 2 saturated heterocycles. The fraction of sp³-hybridized carbons (Fsp3) is 0.636. The maximum Gasteiger partial charge on any atom is 0.222 e. The summed E-state index contributed by atoms with van der Waals surface area (Å²) in [5.41, 5.74) is 1.06. The smallest absolute Gasteiger partial charge is 0.222 e. The lowest BCUT2D eigenvalue weighted by Crippen LogP contribution is -2.52. The van der Waals surface area contributed by atoms with E-state index in [1.165, 1.54) is 12.1 Å². The van der Waals surface area contributed by atoms with Gasteiger partial charge in [-0.1, -0.05) is 6.92 Å². The summed E-state index contributed by atoms with van der Waals surface area (Å²) in [4.78, 5) is 23.5. The maximum absolute atomic E-state index is 13.2. The van der Waals surface area contributed by atoms with Crippen LogP contribution in [0.2, 0.25) is 0 Å². The van der Waals surface area contributed by atoms with E-state index in [9.17, 15) is 9.18 Å². The first-order chi connectivity index (χ1) is 14.1. The predicted molar refractivity (Wildman–Crippen MR) is 131 cm³/mol. The van der Waals surface area contributed by atoms with Crippen molar-refractivity contribution in [3.05, 3.63) is 30.1 Å². The first-order valence-corrected chi connectivity index (χ1v) is 11.0. The van der Waals surface area contributed by atoms with Gasteiger partial charge in [-0.2, -0.15) is 0 Å². The highest BCUT2D eigenvalue weighted by Crippen LogP contribution is 2.19. The number of nitrogens with one attached hydrogen (secondary N) is 1. The topological polar surface area (TPSA) is 51.2 Å². The first kappa shape index (κ1) is 24.7. The number of halogens is 2. The number of benzene rings is 1. The van der Waals surface area contributed by atoms with E-state index in [0.29, 0.717) is 18.4 Å². The molecule has 2 aliphatic heterocycles. The van der Waals surface area contributed by atoms with Crippen LogP contribution < -0.4 is 10.2 Å². The summed E-state index contributed by atoms with van der Waals surface area (Å²) < 4.78 is 13.2. The number of carbonyl (C=O) groups excluding carboxylic acids is 1. The Kier molecular flexibility index (Phi) is 10.1. The third kappa shape index (κ3) is 6.46. The number of rotatable bonds is 7. The van der Waals surface area contributed by atoms with Crippen molar-refractivity contribution in [3.8, 4) is 0 Å². The third-order valence-corrected chi connectivity index (χ3v) is 5.85. The van der Waals surface area contributed by atoms with Crippen molar-refractivity contribution in [1.82, 2.24) is 15.1 Å². The van der Waals surface area contributed by atoms with E-state index >= 15 is 0 Å². The van der Waals surface area contributed by atoms with Gasteiger partial charge in [0.25, 0.3) is 0 Å². The Morgan fingerprint density at radius 1 is 1.13 bits per heavy atom. The van der Waals surface area contributed by atoms with Crippen LogP contribution in [0.1, 0.15) is 39.5 Å². The minimum Gasteiger partial charge on any atom is -0.368 e. The van der Waals surface area contributed by atoms with E-state index in [-0.39, 0.29) is 29.8 Å². The van der Waals surface area contributed by atoms with Gasteiger partial charge in [-0.15, -0.1) is 24.0 Å². The van der Waals surface area contributed by atoms with E-state index in [1.54, 1.807) is 0 Å². The van der Waals surface area contributed by atoms with Crippen molar-refractivity contribution < 1.29 is 9.18 Å². The highest BCUT2D eigenvalue weighted by atomic mass is 127. The first-order valence-electron chi connectivity index (χ1n) is 11.0. The summed E-state index contributed by atoms with van der Waals surface area (Å²) in [5.74, 6) is 1.05. The summed E-state index contributed by atoms with van der Waals surface area (Å²) in [7, 11) is 0. The van der Waals surface area contributed by atoms with Gasteiger partial charge in [-0.3, -0.25) is 9.79 Å². The molecule has 8 heteroatoms. The Morgan fingerprint density at radius 3 is 2.40 bits per heavy atom. The highest BCUT2D eigenvalue weighted by molar-refractivity contribution is 14.0. The number of anilines is 1. The van der Waals surface area contributed by atoms with Crippen LogP contribution in [0, 0.1) is 5.82 Å². The van der Waals surface area contributed by atoms with Gasteiger partial charge in [0.1, 0.15) is 5.82 Å². The van der Waals surface area contributed by atoms with E-state index in [0.717, 1.165) is 76.7 Å². The van der Waals surface area contributed by atoms with Crippen molar-refractivity contribution >= 4 is 41.5 Å². The molecular formula is C22H35FIN5O. The Hall–Kier alpha value is -1.58. The minimum atomic E-state index is -0.199. The van der Waals surface area contributed by atoms with Crippen LogP contribution in [0.25, 0.3) is 0 Å². The lowest BCUT2D eigenvalue weighted by molar-refractivity contribution is -0.129. The van der Waals surface area contributed by atoms with E-state index in [4.69, 9.17) is 4.99 Å². The highest BCUT2D eigenvalue weighted by Gasteiger charge is 2.26. The van der Waals surface area contributed by atoms with E-state index < -0.39 is 0 Å². The molecule has 0 radical (unpaired) electrons.